The highest BCUT2D eigenvalue weighted by Gasteiger charge is 2.50. The number of amidine groups is 1. The van der Waals surface area contributed by atoms with Gasteiger partial charge in [-0.3, -0.25) is 14.8 Å². The first-order valence-electron chi connectivity index (χ1n) is 10.2. The van der Waals surface area contributed by atoms with Crippen LogP contribution in [0, 0.1) is 5.92 Å². The molecule has 31 heavy (non-hydrogen) atoms. The third-order valence-corrected chi connectivity index (χ3v) is 6.96. The lowest BCUT2D eigenvalue weighted by Gasteiger charge is -2.37. The molecule has 5 atom stereocenters. The molecule has 1 amide bonds. The van der Waals surface area contributed by atoms with E-state index in [1.807, 2.05) is 55.4 Å². The Morgan fingerprint density at radius 2 is 2.00 bits per heavy atom. The maximum Gasteiger partial charge on any atom is 0.224 e. The van der Waals surface area contributed by atoms with Crippen LogP contribution in [0.4, 0.5) is 11.4 Å². The Labute approximate surface area is 185 Å². The van der Waals surface area contributed by atoms with Gasteiger partial charge in [0.1, 0.15) is 6.10 Å². The second-order valence-electron chi connectivity index (χ2n) is 8.05. The van der Waals surface area contributed by atoms with Crippen molar-refractivity contribution in [2.24, 2.45) is 10.9 Å². The van der Waals surface area contributed by atoms with Crippen LogP contribution in [0.1, 0.15) is 12.0 Å². The van der Waals surface area contributed by atoms with Gasteiger partial charge in [-0.05, 0) is 42.3 Å². The molecule has 8 nitrogen and oxygen atoms in total. The van der Waals surface area contributed by atoms with Gasteiger partial charge in [0.2, 0.25) is 5.91 Å². The molecule has 1 saturated carbocycles. The van der Waals surface area contributed by atoms with Crippen molar-refractivity contribution in [3.05, 3.63) is 54.4 Å². The lowest BCUT2D eigenvalue weighted by molar-refractivity contribution is -0.129. The monoisotopic (exact) mass is 441 g/mol. The number of aliphatic hydroxyl groups is 2. The molecule has 0 radical (unpaired) electrons. The van der Waals surface area contributed by atoms with E-state index in [1.54, 1.807) is 12.4 Å². The number of aliphatic hydroxyl groups excluding tert-OH is 2. The molecule has 2 aliphatic rings. The average Bonchev–Trinajstić information content (AvgIpc) is 3.19. The summed E-state index contributed by atoms with van der Waals surface area (Å²) in [4.78, 5) is 23.6. The van der Waals surface area contributed by atoms with Gasteiger partial charge in [0, 0.05) is 49.7 Å². The minimum absolute atomic E-state index is 0.149. The number of fused-ring (bicyclic) bond motifs is 1. The van der Waals surface area contributed by atoms with E-state index in [0.29, 0.717) is 11.7 Å². The number of nitrogens with one attached hydrogen (secondary N) is 2. The SMILES string of the molecule is CN(C)c1ccc(NC2=N[C@@H]3[C@@H](O)[C@H](O)C[C@H](C(=O)NCc4cccnc4)[C@H]3S2)cc1. The first kappa shape index (κ1) is 21.6. The minimum Gasteiger partial charge on any atom is -0.390 e. The molecular weight excluding hydrogens is 414 g/mol. The van der Waals surface area contributed by atoms with E-state index in [-0.39, 0.29) is 17.6 Å². The van der Waals surface area contributed by atoms with Gasteiger partial charge in [0.25, 0.3) is 0 Å². The Bertz CT molecular complexity index is 938. The normalized spacial score (nSPS) is 27.2. The number of benzene rings is 1. The number of carbonyl (C=O) groups is 1. The van der Waals surface area contributed by atoms with Crippen LogP contribution < -0.4 is 15.5 Å². The number of hydrogen-bond donors (Lipinski definition) is 4. The highest BCUT2D eigenvalue weighted by Crippen LogP contribution is 2.41. The number of anilines is 2. The minimum atomic E-state index is -0.990. The van der Waals surface area contributed by atoms with Crippen molar-refractivity contribution in [3.8, 4) is 0 Å². The number of carbonyl (C=O) groups excluding carboxylic acids is 1. The Morgan fingerprint density at radius 1 is 1.23 bits per heavy atom. The van der Waals surface area contributed by atoms with Gasteiger partial charge >= 0.3 is 0 Å². The molecule has 0 saturated heterocycles. The van der Waals surface area contributed by atoms with Crippen LogP contribution in [-0.4, -0.2) is 63.9 Å². The van der Waals surface area contributed by atoms with Crippen LogP contribution in [0.5, 0.6) is 0 Å². The van der Waals surface area contributed by atoms with Gasteiger partial charge in [-0.25, -0.2) is 0 Å². The summed E-state index contributed by atoms with van der Waals surface area (Å²) in [7, 11) is 3.96. The number of aliphatic imine (C=N–C) groups is 1. The summed E-state index contributed by atoms with van der Waals surface area (Å²) >= 11 is 1.45. The molecule has 0 unspecified atom stereocenters. The maximum atomic E-state index is 12.9. The number of amides is 1. The molecule has 9 heteroatoms. The zero-order valence-electron chi connectivity index (χ0n) is 17.5. The van der Waals surface area contributed by atoms with Crippen molar-refractivity contribution in [2.75, 3.05) is 24.3 Å². The van der Waals surface area contributed by atoms with Gasteiger partial charge in [-0.1, -0.05) is 17.8 Å². The summed E-state index contributed by atoms with van der Waals surface area (Å²) in [6, 6.07) is 11.1. The number of nitrogens with zero attached hydrogens (tertiary/aromatic N) is 3. The topological polar surface area (TPSA) is 110 Å². The van der Waals surface area contributed by atoms with Gasteiger partial charge < -0.3 is 25.7 Å². The van der Waals surface area contributed by atoms with Crippen LogP contribution in [0.15, 0.2) is 53.8 Å². The summed E-state index contributed by atoms with van der Waals surface area (Å²) in [5, 5.41) is 27.5. The average molecular weight is 442 g/mol. The molecule has 0 bridgehead atoms. The van der Waals surface area contributed by atoms with E-state index in [2.05, 4.69) is 20.6 Å². The molecule has 4 N–H and O–H groups in total. The fourth-order valence-corrected chi connectivity index (χ4v) is 5.27. The van der Waals surface area contributed by atoms with E-state index in [0.717, 1.165) is 16.9 Å². The molecule has 1 aromatic carbocycles. The van der Waals surface area contributed by atoms with Gasteiger partial charge in [-0.2, -0.15) is 0 Å². The molecule has 0 spiro atoms. The van der Waals surface area contributed by atoms with E-state index in [1.165, 1.54) is 11.8 Å². The van der Waals surface area contributed by atoms with Crippen molar-refractivity contribution in [1.29, 1.82) is 0 Å². The highest BCUT2D eigenvalue weighted by molar-refractivity contribution is 8.15. The van der Waals surface area contributed by atoms with Crippen molar-refractivity contribution in [2.45, 2.75) is 36.5 Å². The maximum absolute atomic E-state index is 12.9. The standard InChI is InChI=1S/C22H27N5O3S/c1-27(2)15-7-5-14(6-8-15)25-22-26-18-19(29)17(28)10-16(20(18)31-22)21(30)24-12-13-4-3-9-23-11-13/h3-9,11,16-20,28-29H,10,12H2,1-2H3,(H,24,30)(H,25,26)/t16-,17+,18+,19-,20+/m0/s1. The number of thioether (sulfide) groups is 1. The number of hydrogen-bond acceptors (Lipinski definition) is 8. The molecule has 1 aliphatic carbocycles. The predicted octanol–water partition coefficient (Wildman–Crippen LogP) is 1.46. The summed E-state index contributed by atoms with van der Waals surface area (Å²) in [6.45, 7) is 0.369. The summed E-state index contributed by atoms with van der Waals surface area (Å²) in [6.07, 6.45) is 1.62. The van der Waals surface area contributed by atoms with Gasteiger partial charge in [-0.15, -0.1) is 0 Å². The largest absolute Gasteiger partial charge is 0.390 e. The zero-order chi connectivity index (χ0) is 22.0. The van der Waals surface area contributed by atoms with Crippen LogP contribution >= 0.6 is 11.8 Å². The molecule has 2 heterocycles. The van der Waals surface area contributed by atoms with E-state index < -0.39 is 24.2 Å². The molecule has 1 aliphatic heterocycles. The Hall–Kier alpha value is -2.62. The van der Waals surface area contributed by atoms with Gasteiger partial charge in [0.05, 0.1) is 18.1 Å². The summed E-state index contributed by atoms with van der Waals surface area (Å²) in [5.74, 6) is -0.603. The van der Waals surface area contributed by atoms with E-state index >= 15 is 0 Å². The third-order valence-electron chi connectivity index (χ3n) is 5.65. The lowest BCUT2D eigenvalue weighted by Crippen LogP contribution is -2.53. The highest BCUT2D eigenvalue weighted by atomic mass is 32.2. The van der Waals surface area contributed by atoms with Crippen LogP contribution in [0.25, 0.3) is 0 Å². The van der Waals surface area contributed by atoms with E-state index in [9.17, 15) is 15.0 Å². The quantitative estimate of drug-likeness (QED) is 0.556. The second-order valence-corrected chi connectivity index (χ2v) is 9.22. The molecule has 1 fully saturated rings. The molecular formula is C22H27N5O3S. The molecule has 2 aromatic rings. The summed E-state index contributed by atoms with van der Waals surface area (Å²) in [5.41, 5.74) is 2.87. The number of pyridine rings is 1. The number of aromatic nitrogens is 1. The van der Waals surface area contributed by atoms with Gasteiger partial charge in [0.15, 0.2) is 5.17 Å². The van der Waals surface area contributed by atoms with Crippen LogP contribution in [-0.2, 0) is 11.3 Å². The molecule has 1 aromatic heterocycles. The Balaban J connectivity index is 1.43. The lowest BCUT2D eigenvalue weighted by atomic mass is 9.81. The van der Waals surface area contributed by atoms with Crippen molar-refractivity contribution >= 4 is 34.2 Å². The van der Waals surface area contributed by atoms with E-state index in [4.69, 9.17) is 0 Å². The van der Waals surface area contributed by atoms with Crippen molar-refractivity contribution in [3.63, 3.8) is 0 Å². The molecule has 4 rings (SSSR count). The smallest absolute Gasteiger partial charge is 0.224 e. The Morgan fingerprint density at radius 3 is 2.68 bits per heavy atom. The fourth-order valence-electron chi connectivity index (χ4n) is 3.90. The van der Waals surface area contributed by atoms with Crippen LogP contribution in [0.3, 0.4) is 0 Å². The fraction of sp³-hybridized carbons (Fsp3) is 0.409. The van der Waals surface area contributed by atoms with Crippen LogP contribution in [0.2, 0.25) is 0 Å². The first-order valence-corrected chi connectivity index (χ1v) is 11.1. The van der Waals surface area contributed by atoms with Crippen molar-refractivity contribution in [1.82, 2.24) is 10.3 Å². The predicted molar refractivity (Wildman–Crippen MR) is 123 cm³/mol. The zero-order valence-corrected chi connectivity index (χ0v) is 18.3. The molecule has 164 valence electrons. The first-order chi connectivity index (χ1) is 14.9. The third kappa shape index (κ3) is 4.84. The second kappa shape index (κ2) is 9.25. The summed E-state index contributed by atoms with van der Waals surface area (Å²) < 4.78 is 0. The Kier molecular flexibility index (Phi) is 6.45. The number of rotatable bonds is 5. The van der Waals surface area contributed by atoms with Crippen molar-refractivity contribution < 1.29 is 15.0 Å².